The van der Waals surface area contributed by atoms with Gasteiger partial charge in [-0.15, -0.1) is 0 Å². The maximum atomic E-state index is 12.9. The van der Waals surface area contributed by atoms with E-state index in [1.54, 1.807) is 12.1 Å². The quantitative estimate of drug-likeness (QED) is 0.351. The van der Waals surface area contributed by atoms with Crippen molar-refractivity contribution in [3.05, 3.63) is 35.9 Å². The predicted molar refractivity (Wildman–Crippen MR) is 144 cm³/mol. The summed E-state index contributed by atoms with van der Waals surface area (Å²) in [6.45, 7) is 6.81. The molecular weight excluding hydrogens is 500 g/mol. The number of fused-ring (bicyclic) bond motifs is 2. The number of aryl methyl sites for hydroxylation is 1. The van der Waals surface area contributed by atoms with E-state index < -0.39 is 29.2 Å². The van der Waals surface area contributed by atoms with Gasteiger partial charge < -0.3 is 19.3 Å². The first-order valence-electron chi connectivity index (χ1n) is 13.6. The highest BCUT2D eigenvalue weighted by atomic mass is 16.5. The number of carbonyl (C=O) groups is 4. The molecule has 0 radical (unpaired) electrons. The predicted octanol–water partition coefficient (Wildman–Crippen LogP) is 5.72. The summed E-state index contributed by atoms with van der Waals surface area (Å²) in [6.07, 6.45) is 4.95. The molecule has 0 aromatic heterocycles. The summed E-state index contributed by atoms with van der Waals surface area (Å²) in [4.78, 5) is 48.7. The molecule has 2 fully saturated rings. The molecule has 5 atom stereocenters. The Balaban J connectivity index is 1.68. The highest BCUT2D eigenvalue weighted by Gasteiger charge is 2.59. The van der Waals surface area contributed by atoms with Gasteiger partial charge in [0.1, 0.15) is 11.5 Å². The van der Waals surface area contributed by atoms with Crippen LogP contribution in [0.1, 0.15) is 71.8 Å². The van der Waals surface area contributed by atoms with Crippen LogP contribution in [-0.2, 0) is 30.3 Å². The number of benzene rings is 2. The SMILES string of the molecule is COC(=O)[C@@]1(C)CCC[C@@]2(C)C1CC[C@H](C(=O)O)[C@@H]2CCc1ccc2c(OC(C)=O)ccc(OC(C)=O)c2c1. The van der Waals surface area contributed by atoms with Gasteiger partial charge in [0.2, 0.25) is 0 Å². The zero-order chi connectivity index (χ0) is 28.5. The van der Waals surface area contributed by atoms with E-state index in [9.17, 15) is 24.3 Å². The van der Waals surface area contributed by atoms with Crippen LogP contribution in [0.5, 0.6) is 11.5 Å². The molecule has 2 aromatic rings. The molecule has 39 heavy (non-hydrogen) atoms. The Morgan fingerprint density at radius 1 is 0.923 bits per heavy atom. The van der Waals surface area contributed by atoms with Crippen LogP contribution in [-0.4, -0.2) is 36.1 Å². The number of ether oxygens (including phenoxy) is 3. The lowest BCUT2D eigenvalue weighted by molar-refractivity contribution is -0.177. The Hall–Kier alpha value is -3.42. The lowest BCUT2D eigenvalue weighted by Crippen LogP contribution is -2.56. The van der Waals surface area contributed by atoms with Crippen LogP contribution >= 0.6 is 0 Å². The van der Waals surface area contributed by atoms with Gasteiger partial charge in [0.25, 0.3) is 0 Å². The summed E-state index contributed by atoms with van der Waals surface area (Å²) in [5, 5.41) is 11.5. The largest absolute Gasteiger partial charge is 0.481 e. The monoisotopic (exact) mass is 538 g/mol. The summed E-state index contributed by atoms with van der Waals surface area (Å²) in [7, 11) is 1.43. The molecule has 0 aliphatic heterocycles. The molecule has 0 bridgehead atoms. The fourth-order valence-electron chi connectivity index (χ4n) is 7.62. The number of methoxy groups -OCH3 is 1. The van der Waals surface area contributed by atoms with Gasteiger partial charge in [-0.1, -0.05) is 25.5 Å². The van der Waals surface area contributed by atoms with Gasteiger partial charge in [-0.2, -0.15) is 0 Å². The van der Waals surface area contributed by atoms with E-state index in [1.165, 1.54) is 21.0 Å². The van der Waals surface area contributed by atoms with E-state index in [2.05, 4.69) is 6.92 Å². The van der Waals surface area contributed by atoms with E-state index in [0.717, 1.165) is 24.8 Å². The molecule has 2 aromatic carbocycles. The van der Waals surface area contributed by atoms with Crippen molar-refractivity contribution in [2.75, 3.05) is 7.11 Å². The average molecular weight is 539 g/mol. The van der Waals surface area contributed by atoms with Crippen LogP contribution < -0.4 is 9.47 Å². The molecule has 2 aliphatic rings. The van der Waals surface area contributed by atoms with Crippen molar-refractivity contribution in [1.82, 2.24) is 0 Å². The van der Waals surface area contributed by atoms with Gasteiger partial charge in [0.15, 0.2) is 0 Å². The van der Waals surface area contributed by atoms with E-state index in [-0.39, 0.29) is 23.2 Å². The minimum atomic E-state index is -0.785. The Morgan fingerprint density at radius 3 is 2.15 bits per heavy atom. The Labute approximate surface area is 229 Å². The van der Waals surface area contributed by atoms with Gasteiger partial charge in [0, 0.05) is 24.6 Å². The minimum absolute atomic E-state index is 0.0465. The second-order valence-corrected chi connectivity index (χ2v) is 11.6. The van der Waals surface area contributed by atoms with Crippen molar-refractivity contribution in [1.29, 1.82) is 0 Å². The zero-order valence-corrected chi connectivity index (χ0v) is 23.4. The number of hydrogen-bond acceptors (Lipinski definition) is 7. The first-order chi connectivity index (χ1) is 18.4. The summed E-state index contributed by atoms with van der Waals surface area (Å²) in [5.41, 5.74) is 0.0146. The van der Waals surface area contributed by atoms with Gasteiger partial charge in [-0.05, 0) is 86.5 Å². The van der Waals surface area contributed by atoms with Crippen molar-refractivity contribution in [3.8, 4) is 11.5 Å². The van der Waals surface area contributed by atoms with Gasteiger partial charge in [-0.3, -0.25) is 19.2 Å². The highest BCUT2D eigenvalue weighted by Crippen LogP contribution is 2.62. The third kappa shape index (κ3) is 5.38. The fraction of sp³-hybridized carbons (Fsp3) is 0.548. The molecule has 210 valence electrons. The van der Waals surface area contributed by atoms with Crippen LogP contribution in [0.2, 0.25) is 0 Å². The first-order valence-corrected chi connectivity index (χ1v) is 13.6. The number of carboxylic acids is 1. The van der Waals surface area contributed by atoms with Crippen LogP contribution in [0, 0.1) is 28.6 Å². The standard InChI is InChI=1S/C31H38O8/c1-18(32)38-25-12-13-26(39-19(2)33)23-17-20(7-9-21(23)25)8-11-24-22(28(34)35)10-14-27-30(24,3)15-6-16-31(27,4)29(36)37-5/h7,9,12-13,17,22,24,27H,6,8,10-11,14-16H2,1-5H3,(H,34,35)/t22-,24-,27?,30+,31-/m0/s1. The van der Waals surface area contributed by atoms with Gasteiger partial charge in [0.05, 0.1) is 18.4 Å². The molecule has 4 rings (SSSR count). The highest BCUT2D eigenvalue weighted by molar-refractivity contribution is 5.96. The molecule has 0 heterocycles. The lowest BCUT2D eigenvalue weighted by Gasteiger charge is -2.58. The van der Waals surface area contributed by atoms with Crippen LogP contribution in [0.4, 0.5) is 0 Å². The molecule has 8 heteroatoms. The molecule has 2 aliphatic carbocycles. The molecule has 1 N–H and O–H groups in total. The Bertz CT molecular complexity index is 1300. The van der Waals surface area contributed by atoms with E-state index in [0.29, 0.717) is 48.0 Å². The second kappa shape index (κ2) is 11.0. The van der Waals surface area contributed by atoms with Crippen LogP contribution in [0.15, 0.2) is 30.3 Å². The first kappa shape index (κ1) is 28.6. The third-order valence-electron chi connectivity index (χ3n) is 9.30. The summed E-state index contributed by atoms with van der Waals surface area (Å²) >= 11 is 0. The molecule has 0 saturated heterocycles. The Kier molecular flexibility index (Phi) is 8.05. The molecule has 2 saturated carbocycles. The minimum Gasteiger partial charge on any atom is -0.481 e. The molecular formula is C31H38O8. The normalized spacial score (nSPS) is 28.3. The summed E-state index contributed by atoms with van der Waals surface area (Å²) < 4.78 is 16.0. The lowest BCUT2D eigenvalue weighted by atomic mass is 9.45. The van der Waals surface area contributed by atoms with Crippen molar-refractivity contribution in [2.24, 2.45) is 28.6 Å². The number of carbonyl (C=O) groups excluding carboxylic acids is 3. The maximum absolute atomic E-state index is 12.9. The average Bonchev–Trinajstić information content (AvgIpc) is 2.87. The van der Waals surface area contributed by atoms with Crippen LogP contribution in [0.25, 0.3) is 10.8 Å². The number of esters is 3. The van der Waals surface area contributed by atoms with Crippen molar-refractivity contribution < 1.29 is 38.5 Å². The molecule has 8 nitrogen and oxygen atoms in total. The topological polar surface area (TPSA) is 116 Å². The summed E-state index contributed by atoms with van der Waals surface area (Å²) in [5.74, 6) is -1.72. The Morgan fingerprint density at radius 2 is 1.56 bits per heavy atom. The maximum Gasteiger partial charge on any atom is 0.311 e. The number of carboxylic acid groups (broad SMARTS) is 1. The van der Waals surface area contributed by atoms with Crippen molar-refractivity contribution >= 4 is 34.6 Å². The molecule has 1 unspecified atom stereocenters. The van der Waals surface area contributed by atoms with Gasteiger partial charge >= 0.3 is 23.9 Å². The zero-order valence-electron chi connectivity index (χ0n) is 23.4. The van der Waals surface area contributed by atoms with E-state index in [4.69, 9.17) is 14.2 Å². The second-order valence-electron chi connectivity index (χ2n) is 11.6. The molecule has 0 spiro atoms. The molecule has 0 amide bonds. The van der Waals surface area contributed by atoms with E-state index in [1.807, 2.05) is 25.1 Å². The summed E-state index contributed by atoms with van der Waals surface area (Å²) in [6, 6.07) is 8.90. The number of hydrogen-bond donors (Lipinski definition) is 1. The number of rotatable bonds is 7. The van der Waals surface area contributed by atoms with Crippen molar-refractivity contribution in [2.45, 2.75) is 72.6 Å². The van der Waals surface area contributed by atoms with Crippen LogP contribution in [0.3, 0.4) is 0 Å². The van der Waals surface area contributed by atoms with Crippen molar-refractivity contribution in [3.63, 3.8) is 0 Å². The van der Waals surface area contributed by atoms with E-state index >= 15 is 0 Å². The third-order valence-corrected chi connectivity index (χ3v) is 9.30. The smallest absolute Gasteiger partial charge is 0.311 e. The fourth-order valence-corrected chi connectivity index (χ4v) is 7.62. The number of aliphatic carboxylic acids is 1. The van der Waals surface area contributed by atoms with Gasteiger partial charge in [-0.25, -0.2) is 0 Å².